The third-order valence-electron chi connectivity index (χ3n) is 0.494. The summed E-state index contributed by atoms with van der Waals surface area (Å²) in [6.45, 7) is 3.03. The van der Waals surface area contributed by atoms with Gasteiger partial charge in [-0.1, -0.05) is 13.8 Å². The van der Waals surface area contributed by atoms with Crippen molar-refractivity contribution in [1.29, 1.82) is 0 Å². The van der Waals surface area contributed by atoms with Crippen molar-refractivity contribution in [1.82, 2.24) is 0 Å². The highest BCUT2D eigenvalue weighted by Crippen LogP contribution is 1.87. The lowest BCUT2D eigenvalue weighted by Crippen LogP contribution is -2.03. The Morgan fingerprint density at radius 1 is 1.56 bits per heavy atom. The molecule has 0 aliphatic carbocycles. The second kappa shape index (κ2) is 6.94. The molecule has 0 heterocycles. The van der Waals surface area contributed by atoms with Crippen molar-refractivity contribution in [3.05, 3.63) is 0 Å². The largest absolute Gasteiger partial charge is 0.483 e. The van der Waals surface area contributed by atoms with Gasteiger partial charge in [-0.3, -0.25) is 9.59 Å². The molecular weight excluding hydrogens is 124 g/mol. The molecule has 0 bridgehead atoms. The second-order valence-corrected chi connectivity index (χ2v) is 1.60. The normalized spacial score (nSPS) is 7.44. The lowest BCUT2D eigenvalue weighted by atomic mass is 10.2. The van der Waals surface area contributed by atoms with Crippen LogP contribution in [-0.2, 0) is 9.59 Å². The summed E-state index contributed by atoms with van der Waals surface area (Å²) in [5, 5.41) is 14.9. The minimum Gasteiger partial charge on any atom is -0.483 e. The molecule has 0 unspecified atom stereocenters. The SMILES string of the molecule is CC(C)C(=O)O.O=CO. The van der Waals surface area contributed by atoms with Crippen LogP contribution in [0.25, 0.3) is 0 Å². The van der Waals surface area contributed by atoms with Crippen LogP contribution < -0.4 is 0 Å². The number of rotatable bonds is 1. The summed E-state index contributed by atoms with van der Waals surface area (Å²) in [5.41, 5.74) is 0. The Kier molecular flexibility index (Phi) is 8.36. The Morgan fingerprint density at radius 3 is 1.67 bits per heavy atom. The molecule has 0 aromatic rings. The molecule has 0 fully saturated rings. The first kappa shape index (κ1) is 10.8. The number of aliphatic carboxylic acids is 1. The van der Waals surface area contributed by atoms with Crippen LogP contribution in [0.15, 0.2) is 0 Å². The van der Waals surface area contributed by atoms with E-state index in [-0.39, 0.29) is 12.4 Å². The van der Waals surface area contributed by atoms with Crippen LogP contribution in [0.2, 0.25) is 0 Å². The number of hydrogen-bond donors (Lipinski definition) is 2. The van der Waals surface area contributed by atoms with Gasteiger partial charge in [0.05, 0.1) is 5.92 Å². The average Bonchev–Trinajstić information content (AvgIpc) is 1.68. The molecular formula is C5H10O4. The van der Waals surface area contributed by atoms with E-state index < -0.39 is 5.97 Å². The zero-order chi connectivity index (χ0) is 7.86. The van der Waals surface area contributed by atoms with Crippen molar-refractivity contribution in [2.75, 3.05) is 0 Å². The maximum Gasteiger partial charge on any atom is 0.305 e. The summed E-state index contributed by atoms with van der Waals surface area (Å²) >= 11 is 0. The zero-order valence-corrected chi connectivity index (χ0v) is 5.37. The number of carboxylic acids is 1. The summed E-state index contributed by atoms with van der Waals surface area (Å²) in [5.74, 6) is -0.972. The first-order valence-corrected chi connectivity index (χ1v) is 2.37. The van der Waals surface area contributed by atoms with Gasteiger partial charge in [-0.2, -0.15) is 0 Å². The summed E-state index contributed by atoms with van der Waals surface area (Å²) in [4.78, 5) is 18.1. The van der Waals surface area contributed by atoms with Gasteiger partial charge < -0.3 is 10.2 Å². The molecule has 0 radical (unpaired) electrons. The average molecular weight is 134 g/mol. The Balaban J connectivity index is 0. The van der Waals surface area contributed by atoms with Crippen LogP contribution in [0, 0.1) is 5.92 Å². The van der Waals surface area contributed by atoms with Gasteiger partial charge in [0, 0.05) is 0 Å². The molecule has 54 valence electrons. The summed E-state index contributed by atoms with van der Waals surface area (Å²) < 4.78 is 0. The molecule has 0 aliphatic heterocycles. The monoisotopic (exact) mass is 134 g/mol. The molecule has 0 rings (SSSR count). The summed E-state index contributed by atoms with van der Waals surface area (Å²) in [6.07, 6.45) is 0. The third kappa shape index (κ3) is 19.6. The lowest BCUT2D eigenvalue weighted by Gasteiger charge is -1.89. The van der Waals surface area contributed by atoms with Crippen LogP contribution in [0.5, 0.6) is 0 Å². The second-order valence-electron chi connectivity index (χ2n) is 1.60. The van der Waals surface area contributed by atoms with E-state index in [0.29, 0.717) is 0 Å². The van der Waals surface area contributed by atoms with Crippen LogP contribution in [0.1, 0.15) is 13.8 Å². The standard InChI is InChI=1S/C4H8O2.CH2O2/c1-3(2)4(5)6;2-1-3/h3H,1-2H3,(H,5,6);1H,(H,2,3). The van der Waals surface area contributed by atoms with E-state index >= 15 is 0 Å². The van der Waals surface area contributed by atoms with Crippen molar-refractivity contribution < 1.29 is 19.8 Å². The van der Waals surface area contributed by atoms with Crippen LogP contribution in [-0.4, -0.2) is 22.7 Å². The topological polar surface area (TPSA) is 74.6 Å². The fourth-order valence-corrected chi connectivity index (χ4v) is 0. The maximum absolute atomic E-state index is 9.70. The van der Waals surface area contributed by atoms with Gasteiger partial charge in [0.15, 0.2) is 0 Å². The fraction of sp³-hybridized carbons (Fsp3) is 0.600. The quantitative estimate of drug-likeness (QED) is 0.510. The number of carboxylic acid groups (broad SMARTS) is 2. The molecule has 9 heavy (non-hydrogen) atoms. The fourth-order valence-electron chi connectivity index (χ4n) is 0. The van der Waals surface area contributed by atoms with Gasteiger partial charge in [0.25, 0.3) is 6.47 Å². The molecule has 0 atom stereocenters. The molecule has 2 N–H and O–H groups in total. The van der Waals surface area contributed by atoms with Crippen LogP contribution in [0.3, 0.4) is 0 Å². The lowest BCUT2D eigenvalue weighted by molar-refractivity contribution is -0.140. The highest BCUT2D eigenvalue weighted by molar-refractivity contribution is 5.68. The minimum absolute atomic E-state index is 0.231. The molecule has 0 aliphatic rings. The highest BCUT2D eigenvalue weighted by atomic mass is 16.4. The molecule has 0 aromatic heterocycles. The van der Waals surface area contributed by atoms with E-state index in [9.17, 15) is 4.79 Å². The van der Waals surface area contributed by atoms with Gasteiger partial charge in [0.2, 0.25) is 0 Å². The Hall–Kier alpha value is -1.06. The van der Waals surface area contributed by atoms with Crippen molar-refractivity contribution in [3.8, 4) is 0 Å². The molecule has 0 amide bonds. The Labute approximate surface area is 53.1 Å². The highest BCUT2D eigenvalue weighted by Gasteiger charge is 1.99. The summed E-state index contributed by atoms with van der Waals surface area (Å²) in [6, 6.07) is 0. The molecule has 0 spiro atoms. The zero-order valence-electron chi connectivity index (χ0n) is 5.37. The van der Waals surface area contributed by atoms with Gasteiger partial charge >= 0.3 is 5.97 Å². The Morgan fingerprint density at radius 2 is 1.67 bits per heavy atom. The summed E-state index contributed by atoms with van der Waals surface area (Å²) in [7, 11) is 0. The van der Waals surface area contributed by atoms with Gasteiger partial charge in [-0.25, -0.2) is 0 Å². The molecule has 4 heteroatoms. The predicted octanol–water partition coefficient (Wildman–Crippen LogP) is 0.428. The molecule has 0 saturated carbocycles. The first-order valence-electron chi connectivity index (χ1n) is 2.37. The van der Waals surface area contributed by atoms with Gasteiger partial charge in [0.1, 0.15) is 0 Å². The Bertz CT molecular complexity index is 87.0. The first-order chi connectivity index (χ1) is 4.06. The van der Waals surface area contributed by atoms with E-state index in [0.717, 1.165) is 0 Å². The van der Waals surface area contributed by atoms with E-state index in [1.54, 1.807) is 13.8 Å². The van der Waals surface area contributed by atoms with Gasteiger partial charge in [-0.05, 0) is 0 Å². The number of hydrogen-bond acceptors (Lipinski definition) is 2. The van der Waals surface area contributed by atoms with Crippen molar-refractivity contribution >= 4 is 12.4 Å². The molecule has 4 nitrogen and oxygen atoms in total. The van der Waals surface area contributed by atoms with E-state index in [1.807, 2.05) is 0 Å². The number of carbonyl (C=O) groups is 2. The van der Waals surface area contributed by atoms with E-state index in [2.05, 4.69) is 0 Å². The van der Waals surface area contributed by atoms with Crippen molar-refractivity contribution in [2.24, 2.45) is 5.92 Å². The maximum atomic E-state index is 9.70. The predicted molar refractivity (Wildman–Crippen MR) is 31.2 cm³/mol. The smallest absolute Gasteiger partial charge is 0.305 e. The molecule has 0 aromatic carbocycles. The van der Waals surface area contributed by atoms with Gasteiger partial charge in [-0.15, -0.1) is 0 Å². The van der Waals surface area contributed by atoms with Crippen molar-refractivity contribution in [3.63, 3.8) is 0 Å². The minimum atomic E-state index is -0.741. The van der Waals surface area contributed by atoms with Crippen LogP contribution in [0.4, 0.5) is 0 Å². The van der Waals surface area contributed by atoms with E-state index in [1.165, 1.54) is 0 Å². The third-order valence-corrected chi connectivity index (χ3v) is 0.494. The molecule has 0 saturated heterocycles. The van der Waals surface area contributed by atoms with E-state index in [4.69, 9.17) is 15.0 Å². The van der Waals surface area contributed by atoms with Crippen LogP contribution >= 0.6 is 0 Å². The van der Waals surface area contributed by atoms with Crippen molar-refractivity contribution in [2.45, 2.75) is 13.8 Å².